The van der Waals surface area contributed by atoms with Crippen molar-refractivity contribution in [2.75, 3.05) is 56.5 Å². The van der Waals surface area contributed by atoms with Crippen molar-refractivity contribution in [1.82, 2.24) is 25.2 Å². The maximum absolute atomic E-state index is 16.5. The summed E-state index contributed by atoms with van der Waals surface area (Å²) in [5.74, 6) is -2.89. The Morgan fingerprint density at radius 3 is 2.77 bits per heavy atom. The molecule has 210 valence electrons. The molecule has 1 atom stereocenters. The summed E-state index contributed by atoms with van der Waals surface area (Å²) in [6.45, 7) is 3.10. The summed E-state index contributed by atoms with van der Waals surface area (Å²) in [5.41, 5.74) is 6.45. The van der Waals surface area contributed by atoms with Crippen LogP contribution >= 0.6 is 22.9 Å². The lowest BCUT2D eigenvalue weighted by molar-refractivity contribution is 0.00804. The predicted octanol–water partition coefficient (Wildman–Crippen LogP) is 4.94. The number of aromatic nitrogens is 3. The number of nitrogens with zero attached hydrogens (tertiary/aromatic N) is 5. The third-order valence-electron chi connectivity index (χ3n) is 8.18. The van der Waals surface area contributed by atoms with Gasteiger partial charge in [-0.25, -0.2) is 18.2 Å². The summed E-state index contributed by atoms with van der Waals surface area (Å²) in [7, 11) is 0. The van der Waals surface area contributed by atoms with E-state index in [0.717, 1.165) is 24.2 Å². The molecule has 1 unspecified atom stereocenters. The summed E-state index contributed by atoms with van der Waals surface area (Å²) in [4.78, 5) is 17.4. The van der Waals surface area contributed by atoms with Crippen LogP contribution in [-0.4, -0.2) is 77.2 Å². The van der Waals surface area contributed by atoms with Gasteiger partial charge >= 0.3 is 6.01 Å². The first kappa shape index (κ1) is 26.0. The van der Waals surface area contributed by atoms with Gasteiger partial charge in [-0.05, 0) is 31.5 Å². The van der Waals surface area contributed by atoms with Crippen molar-refractivity contribution in [3.8, 4) is 17.1 Å². The van der Waals surface area contributed by atoms with E-state index in [2.05, 4.69) is 20.3 Å². The van der Waals surface area contributed by atoms with Gasteiger partial charge in [0.2, 0.25) is 0 Å². The summed E-state index contributed by atoms with van der Waals surface area (Å²) in [6.07, 6.45) is 1.16. The molecule has 3 saturated heterocycles. The largest absolute Gasteiger partial charge is 0.461 e. The number of para-hydroxylation sites is 1. The maximum Gasteiger partial charge on any atom is 0.319 e. The zero-order chi connectivity index (χ0) is 27.6. The van der Waals surface area contributed by atoms with E-state index < -0.39 is 17.3 Å². The van der Waals surface area contributed by atoms with E-state index in [1.807, 2.05) is 15.9 Å². The second kappa shape index (κ2) is 9.57. The number of nitrogens with two attached hydrogens (primary N) is 1. The first-order valence-corrected chi connectivity index (χ1v) is 14.5. The predicted molar refractivity (Wildman–Crippen MR) is 151 cm³/mol. The molecule has 0 bridgehead atoms. The van der Waals surface area contributed by atoms with Crippen LogP contribution in [0.5, 0.6) is 6.01 Å². The second-order valence-electron chi connectivity index (χ2n) is 10.8. The number of halogens is 4. The first-order chi connectivity index (χ1) is 19.2. The zero-order valence-corrected chi connectivity index (χ0v) is 23.1. The summed E-state index contributed by atoms with van der Waals surface area (Å²) >= 11 is 8.06. The first-order valence-electron chi connectivity index (χ1n) is 13.3. The Labute approximate surface area is 237 Å². The number of ether oxygens (including phenoxy) is 1. The van der Waals surface area contributed by atoms with Gasteiger partial charge in [-0.2, -0.15) is 9.97 Å². The van der Waals surface area contributed by atoms with Crippen LogP contribution in [0, 0.1) is 5.82 Å². The Kier molecular flexibility index (Phi) is 6.22. The van der Waals surface area contributed by atoms with Gasteiger partial charge in [-0.3, -0.25) is 4.90 Å². The summed E-state index contributed by atoms with van der Waals surface area (Å²) < 4.78 is 52.1. The van der Waals surface area contributed by atoms with Crippen LogP contribution in [-0.2, 0) is 0 Å². The fourth-order valence-corrected chi connectivity index (χ4v) is 7.48. The molecule has 0 radical (unpaired) electrons. The van der Waals surface area contributed by atoms with Gasteiger partial charge in [0.05, 0.1) is 27.3 Å². The van der Waals surface area contributed by atoms with Gasteiger partial charge in [-0.1, -0.05) is 35.1 Å². The van der Waals surface area contributed by atoms with Gasteiger partial charge in [0.1, 0.15) is 17.9 Å². The Morgan fingerprint density at radius 2 is 1.95 bits per heavy atom. The lowest BCUT2D eigenvalue weighted by Gasteiger charge is -2.31. The molecule has 13 heteroatoms. The van der Waals surface area contributed by atoms with Crippen molar-refractivity contribution in [2.45, 2.75) is 30.7 Å². The van der Waals surface area contributed by atoms with Crippen LogP contribution in [0.25, 0.3) is 32.2 Å². The third-order valence-corrected chi connectivity index (χ3v) is 9.33. The number of nitrogens with one attached hydrogen (secondary N) is 1. The molecule has 8 nitrogen and oxygen atoms in total. The van der Waals surface area contributed by atoms with Gasteiger partial charge < -0.3 is 20.7 Å². The molecule has 3 aliphatic rings. The highest BCUT2D eigenvalue weighted by Gasteiger charge is 2.57. The van der Waals surface area contributed by atoms with E-state index in [1.165, 1.54) is 11.3 Å². The third kappa shape index (κ3) is 4.32. The van der Waals surface area contributed by atoms with Crippen LogP contribution in [0.4, 0.5) is 24.1 Å². The molecular weight excluding hydrogens is 563 g/mol. The molecule has 2 aromatic heterocycles. The van der Waals surface area contributed by atoms with E-state index >= 15 is 4.39 Å². The Hall–Kier alpha value is -2.93. The Bertz CT molecular complexity index is 1630. The number of hydrogen-bond acceptors (Lipinski definition) is 9. The zero-order valence-electron chi connectivity index (χ0n) is 21.5. The van der Waals surface area contributed by atoms with Gasteiger partial charge in [-0.15, -0.1) is 0 Å². The van der Waals surface area contributed by atoms with Gasteiger partial charge in [0.25, 0.3) is 5.92 Å². The standard InChI is InChI=1S/C27H27ClF3N7OS/c28-17-11-16-22(20(29)19(17)15-3-1-4-18-21(15)34-24(32)40-18)35-25(36-23(16)37-9-6-33-7-10-37)39-14-26-5-2-8-38(26)13-27(30,31)12-26/h1,3-4,11,33H,2,5-10,12-14H2,(H2,32,34). The highest BCUT2D eigenvalue weighted by atomic mass is 35.5. The fourth-order valence-electron chi connectivity index (χ4n) is 6.43. The molecule has 7 rings (SSSR count). The minimum absolute atomic E-state index is 0.00850. The number of anilines is 2. The smallest absolute Gasteiger partial charge is 0.319 e. The molecule has 2 aromatic carbocycles. The monoisotopic (exact) mass is 589 g/mol. The summed E-state index contributed by atoms with van der Waals surface area (Å²) in [5, 5.41) is 4.33. The maximum atomic E-state index is 16.5. The van der Waals surface area contributed by atoms with Crippen molar-refractivity contribution < 1.29 is 17.9 Å². The van der Waals surface area contributed by atoms with Crippen molar-refractivity contribution in [3.05, 3.63) is 35.1 Å². The van der Waals surface area contributed by atoms with E-state index in [0.29, 0.717) is 53.5 Å². The molecule has 0 spiro atoms. The average molecular weight is 590 g/mol. The van der Waals surface area contributed by atoms with Crippen molar-refractivity contribution >= 4 is 55.0 Å². The molecule has 0 aliphatic carbocycles. The highest BCUT2D eigenvalue weighted by molar-refractivity contribution is 7.22. The SMILES string of the molecule is Nc1nc2c(-c3c(Cl)cc4c(N5CCNCC5)nc(OCC56CCCN5CC(F)(F)C6)nc4c3F)cccc2s1. The Balaban J connectivity index is 1.35. The van der Waals surface area contributed by atoms with Crippen LogP contribution in [0.15, 0.2) is 24.3 Å². The van der Waals surface area contributed by atoms with Gasteiger partial charge in [0, 0.05) is 49.1 Å². The quantitative estimate of drug-likeness (QED) is 0.338. The van der Waals surface area contributed by atoms with Gasteiger partial charge in [0.15, 0.2) is 10.9 Å². The molecule has 4 aromatic rings. The lowest BCUT2D eigenvalue weighted by Crippen LogP contribution is -2.44. The molecule has 0 saturated carbocycles. The molecule has 3 fully saturated rings. The molecule has 3 N–H and O–H groups in total. The minimum Gasteiger partial charge on any atom is -0.461 e. The fraction of sp³-hybridized carbons (Fsp3) is 0.444. The van der Waals surface area contributed by atoms with Crippen molar-refractivity contribution in [2.24, 2.45) is 0 Å². The Morgan fingerprint density at radius 1 is 1.12 bits per heavy atom. The van der Waals surface area contributed by atoms with Crippen LogP contribution in [0.1, 0.15) is 19.3 Å². The second-order valence-corrected chi connectivity index (χ2v) is 12.3. The van der Waals surface area contributed by atoms with Crippen molar-refractivity contribution in [3.63, 3.8) is 0 Å². The lowest BCUT2D eigenvalue weighted by atomic mass is 9.94. The van der Waals surface area contributed by atoms with E-state index in [-0.39, 0.29) is 41.7 Å². The average Bonchev–Trinajstić information content (AvgIpc) is 3.56. The number of rotatable bonds is 5. The molecule has 5 heterocycles. The molecule has 40 heavy (non-hydrogen) atoms. The highest BCUT2D eigenvalue weighted by Crippen LogP contribution is 2.46. The number of piperazine rings is 1. The van der Waals surface area contributed by atoms with E-state index in [1.54, 1.807) is 18.2 Å². The minimum atomic E-state index is -2.77. The topological polar surface area (TPSA) is 92.4 Å². The number of thiazole rings is 1. The molecular formula is C27H27ClF3N7OS. The summed E-state index contributed by atoms with van der Waals surface area (Å²) in [6, 6.07) is 7.07. The number of alkyl halides is 2. The normalized spacial score (nSPS) is 22.9. The number of nitrogen functional groups attached to an aromatic ring is 1. The molecule has 0 amide bonds. The van der Waals surface area contributed by atoms with E-state index in [4.69, 9.17) is 22.1 Å². The van der Waals surface area contributed by atoms with Crippen LogP contribution in [0.2, 0.25) is 5.02 Å². The van der Waals surface area contributed by atoms with Crippen molar-refractivity contribution in [1.29, 1.82) is 0 Å². The molecule has 3 aliphatic heterocycles. The number of hydrogen-bond donors (Lipinski definition) is 2. The van der Waals surface area contributed by atoms with Crippen LogP contribution < -0.4 is 20.7 Å². The number of benzene rings is 2. The number of fused-ring (bicyclic) bond motifs is 3. The van der Waals surface area contributed by atoms with Crippen LogP contribution in [0.3, 0.4) is 0 Å². The van der Waals surface area contributed by atoms with E-state index in [9.17, 15) is 8.78 Å².